The second kappa shape index (κ2) is 5.28. The molecule has 0 unspecified atom stereocenters. The van der Waals surface area contributed by atoms with Crippen molar-refractivity contribution in [1.82, 2.24) is 4.90 Å². The quantitative estimate of drug-likeness (QED) is 0.663. The largest absolute Gasteiger partial charge is 0.481 e. The maximum absolute atomic E-state index is 12.2. The van der Waals surface area contributed by atoms with E-state index in [0.717, 1.165) is 5.56 Å². The van der Waals surface area contributed by atoms with Crippen LogP contribution in [0.1, 0.15) is 22.3 Å². The van der Waals surface area contributed by atoms with E-state index in [1.807, 2.05) is 0 Å². The van der Waals surface area contributed by atoms with Crippen LogP contribution < -0.4 is 0 Å². The number of nitro groups is 1. The summed E-state index contributed by atoms with van der Waals surface area (Å²) in [6.45, 7) is 2.41. The van der Waals surface area contributed by atoms with Crippen molar-refractivity contribution in [3.8, 4) is 0 Å². The zero-order chi connectivity index (χ0) is 14.9. The summed E-state index contributed by atoms with van der Waals surface area (Å²) in [6.07, 6.45) is 0.0136. The van der Waals surface area contributed by atoms with Gasteiger partial charge in [-0.25, -0.2) is 0 Å². The molecule has 1 aromatic carbocycles. The van der Waals surface area contributed by atoms with Gasteiger partial charge in [0.2, 0.25) is 0 Å². The van der Waals surface area contributed by atoms with Crippen molar-refractivity contribution in [2.45, 2.75) is 13.3 Å². The Labute approximate surface area is 115 Å². The Kier molecular flexibility index (Phi) is 3.69. The van der Waals surface area contributed by atoms with Crippen LogP contribution in [0.5, 0.6) is 0 Å². The number of amides is 1. The number of aliphatic carboxylic acids is 1. The molecule has 0 bridgehead atoms. The van der Waals surface area contributed by atoms with Crippen LogP contribution >= 0.6 is 0 Å². The van der Waals surface area contributed by atoms with Crippen LogP contribution in [0.3, 0.4) is 0 Å². The van der Waals surface area contributed by atoms with Gasteiger partial charge in [0.15, 0.2) is 0 Å². The Balaban J connectivity index is 2.13. The number of aryl methyl sites for hydroxylation is 1. The molecule has 1 N–H and O–H groups in total. The van der Waals surface area contributed by atoms with Crippen LogP contribution in [0.15, 0.2) is 18.2 Å². The number of nitrogens with zero attached hydrogens (tertiary/aromatic N) is 2. The highest BCUT2D eigenvalue weighted by Crippen LogP contribution is 2.26. The molecule has 1 aliphatic heterocycles. The van der Waals surface area contributed by atoms with Crippen LogP contribution in [0, 0.1) is 23.0 Å². The predicted octanol–water partition coefficient (Wildman–Crippen LogP) is 1.45. The van der Waals surface area contributed by atoms with Gasteiger partial charge in [-0.05, 0) is 18.6 Å². The molecule has 2 rings (SSSR count). The Bertz CT molecular complexity index is 578. The van der Waals surface area contributed by atoms with Gasteiger partial charge in [0, 0.05) is 25.1 Å². The summed E-state index contributed by atoms with van der Waals surface area (Å²) in [5, 5.41) is 19.6. The lowest BCUT2D eigenvalue weighted by Crippen LogP contribution is -2.50. The highest BCUT2D eigenvalue weighted by molar-refractivity contribution is 5.98. The van der Waals surface area contributed by atoms with Gasteiger partial charge in [0.05, 0.1) is 11.3 Å². The van der Waals surface area contributed by atoms with Crippen molar-refractivity contribution >= 4 is 17.6 Å². The summed E-state index contributed by atoms with van der Waals surface area (Å²) >= 11 is 0. The SMILES string of the molecule is Cc1ccc([N+](=O)[O-])c(C(=O)N2CC(CC(=O)O)C2)c1. The van der Waals surface area contributed by atoms with Crippen molar-refractivity contribution in [2.24, 2.45) is 5.92 Å². The minimum atomic E-state index is -0.899. The molecule has 1 heterocycles. The molecule has 106 valence electrons. The maximum atomic E-state index is 12.2. The minimum absolute atomic E-state index is 0.0136. The van der Waals surface area contributed by atoms with E-state index in [1.54, 1.807) is 13.0 Å². The fourth-order valence-corrected chi connectivity index (χ4v) is 2.26. The number of carboxylic acid groups (broad SMARTS) is 1. The molecule has 7 heteroatoms. The van der Waals surface area contributed by atoms with E-state index >= 15 is 0 Å². The van der Waals surface area contributed by atoms with E-state index in [0.29, 0.717) is 13.1 Å². The van der Waals surface area contributed by atoms with Gasteiger partial charge in [-0.15, -0.1) is 0 Å². The molecular formula is C13H14N2O5. The lowest BCUT2D eigenvalue weighted by atomic mass is 9.95. The first-order valence-electron chi connectivity index (χ1n) is 6.14. The van der Waals surface area contributed by atoms with Gasteiger partial charge in [-0.3, -0.25) is 19.7 Å². The number of hydrogen-bond donors (Lipinski definition) is 1. The van der Waals surface area contributed by atoms with Crippen LogP contribution in [-0.2, 0) is 4.79 Å². The highest BCUT2D eigenvalue weighted by Gasteiger charge is 2.35. The van der Waals surface area contributed by atoms with Crippen molar-refractivity contribution < 1.29 is 19.6 Å². The summed E-state index contributed by atoms with van der Waals surface area (Å²) < 4.78 is 0. The number of rotatable bonds is 4. The Hall–Kier alpha value is -2.44. The minimum Gasteiger partial charge on any atom is -0.481 e. The number of nitro benzene ring substituents is 1. The number of benzene rings is 1. The first-order chi connectivity index (χ1) is 9.38. The summed E-state index contributed by atoms with van der Waals surface area (Å²) in [7, 11) is 0. The molecule has 0 atom stereocenters. The predicted molar refractivity (Wildman–Crippen MR) is 69.5 cm³/mol. The topological polar surface area (TPSA) is 101 Å². The second-order valence-electron chi connectivity index (χ2n) is 4.95. The van der Waals surface area contributed by atoms with E-state index in [4.69, 9.17) is 5.11 Å². The van der Waals surface area contributed by atoms with E-state index in [2.05, 4.69) is 0 Å². The van der Waals surface area contributed by atoms with Crippen LogP contribution in [0.25, 0.3) is 0 Å². The number of carbonyl (C=O) groups excluding carboxylic acids is 1. The molecule has 0 saturated carbocycles. The number of carboxylic acids is 1. The Morgan fingerprint density at radius 3 is 2.65 bits per heavy atom. The first kappa shape index (κ1) is 14.0. The monoisotopic (exact) mass is 278 g/mol. The third-order valence-electron chi connectivity index (χ3n) is 3.29. The van der Waals surface area contributed by atoms with Crippen LogP contribution in [0.2, 0.25) is 0 Å². The van der Waals surface area contributed by atoms with Crippen molar-refractivity contribution in [2.75, 3.05) is 13.1 Å². The van der Waals surface area contributed by atoms with Gasteiger partial charge in [0.25, 0.3) is 11.6 Å². The smallest absolute Gasteiger partial charge is 0.303 e. The van der Waals surface area contributed by atoms with Crippen LogP contribution in [0.4, 0.5) is 5.69 Å². The van der Waals surface area contributed by atoms with Gasteiger partial charge in [-0.1, -0.05) is 6.07 Å². The second-order valence-corrected chi connectivity index (χ2v) is 4.95. The zero-order valence-electron chi connectivity index (χ0n) is 10.9. The summed E-state index contributed by atoms with van der Waals surface area (Å²) in [4.78, 5) is 34.5. The van der Waals surface area contributed by atoms with Crippen molar-refractivity contribution in [3.63, 3.8) is 0 Å². The highest BCUT2D eigenvalue weighted by atomic mass is 16.6. The molecule has 0 radical (unpaired) electrons. The number of hydrogen-bond acceptors (Lipinski definition) is 4. The molecule has 1 fully saturated rings. The van der Waals surface area contributed by atoms with Gasteiger partial charge < -0.3 is 10.0 Å². The van der Waals surface area contributed by atoms with E-state index < -0.39 is 16.8 Å². The standard InChI is InChI=1S/C13H14N2O5/c1-8-2-3-11(15(19)20)10(4-8)13(18)14-6-9(7-14)5-12(16)17/h2-4,9H,5-7H2,1H3,(H,16,17). The Morgan fingerprint density at radius 2 is 2.10 bits per heavy atom. The van der Waals surface area contributed by atoms with E-state index in [9.17, 15) is 19.7 Å². The molecular weight excluding hydrogens is 264 g/mol. The first-order valence-corrected chi connectivity index (χ1v) is 6.14. The molecule has 20 heavy (non-hydrogen) atoms. The van der Waals surface area contributed by atoms with Gasteiger partial charge in [-0.2, -0.15) is 0 Å². The molecule has 1 amide bonds. The van der Waals surface area contributed by atoms with Crippen molar-refractivity contribution in [1.29, 1.82) is 0 Å². The summed E-state index contributed by atoms with van der Waals surface area (Å²) in [6, 6.07) is 4.39. The normalized spacial score (nSPS) is 14.8. The van der Waals surface area contributed by atoms with Crippen LogP contribution in [-0.4, -0.2) is 39.9 Å². The fourth-order valence-electron chi connectivity index (χ4n) is 2.26. The third kappa shape index (κ3) is 2.76. The zero-order valence-corrected chi connectivity index (χ0v) is 10.9. The molecule has 1 aliphatic rings. The molecule has 0 spiro atoms. The Morgan fingerprint density at radius 1 is 1.45 bits per heavy atom. The average Bonchev–Trinajstić information content (AvgIpc) is 2.31. The van der Waals surface area contributed by atoms with Gasteiger partial charge in [0.1, 0.15) is 5.56 Å². The summed E-state index contributed by atoms with van der Waals surface area (Å²) in [5.41, 5.74) is 0.604. The van der Waals surface area contributed by atoms with E-state index in [1.165, 1.54) is 17.0 Å². The molecule has 0 aromatic heterocycles. The lowest BCUT2D eigenvalue weighted by molar-refractivity contribution is -0.385. The molecule has 7 nitrogen and oxygen atoms in total. The maximum Gasteiger partial charge on any atom is 0.303 e. The third-order valence-corrected chi connectivity index (χ3v) is 3.29. The molecule has 0 aliphatic carbocycles. The number of carbonyl (C=O) groups is 2. The van der Waals surface area contributed by atoms with Crippen molar-refractivity contribution in [3.05, 3.63) is 39.4 Å². The number of likely N-dealkylation sites (tertiary alicyclic amines) is 1. The lowest BCUT2D eigenvalue weighted by Gasteiger charge is -2.38. The average molecular weight is 278 g/mol. The molecule has 1 saturated heterocycles. The molecule has 1 aromatic rings. The fraction of sp³-hybridized carbons (Fsp3) is 0.385. The van der Waals surface area contributed by atoms with E-state index in [-0.39, 0.29) is 23.6 Å². The van der Waals surface area contributed by atoms with Gasteiger partial charge >= 0.3 is 5.97 Å². The summed E-state index contributed by atoms with van der Waals surface area (Å²) in [5.74, 6) is -1.38.